The second kappa shape index (κ2) is 7.40. The van der Waals surface area contributed by atoms with Crippen LogP contribution in [-0.4, -0.2) is 15.5 Å². The molecule has 0 spiro atoms. The van der Waals surface area contributed by atoms with Crippen molar-refractivity contribution in [1.82, 2.24) is 9.55 Å². The molecule has 0 aliphatic rings. The Balaban J connectivity index is 1.42. The molecule has 0 aliphatic heterocycles. The minimum Gasteiger partial charge on any atom is -0.397 e. The molecular weight excluding hydrogens is 416 g/mol. The lowest BCUT2D eigenvalue weighted by Crippen LogP contribution is -2.20. The lowest BCUT2D eigenvalue weighted by Gasteiger charge is -2.06. The average Bonchev–Trinajstić information content (AvgIpc) is 3.39. The third kappa shape index (κ3) is 3.36. The van der Waals surface area contributed by atoms with Crippen LogP contribution in [0.15, 0.2) is 71.1 Å². The summed E-state index contributed by atoms with van der Waals surface area (Å²) in [5, 5.41) is 5.69. The highest BCUT2D eigenvalue weighted by atomic mass is 32.1. The first-order valence-corrected chi connectivity index (χ1v) is 10.9. The third-order valence-corrected chi connectivity index (χ3v) is 6.81. The largest absolute Gasteiger partial charge is 0.397 e. The fourth-order valence-corrected chi connectivity index (χ4v) is 5.02. The lowest BCUT2D eigenvalue weighted by molar-refractivity contribution is 0.103. The van der Waals surface area contributed by atoms with Gasteiger partial charge in [0.2, 0.25) is 0 Å². The molecule has 148 valence electrons. The Morgan fingerprint density at radius 2 is 2.00 bits per heavy atom. The van der Waals surface area contributed by atoms with Crippen molar-refractivity contribution in [3.05, 3.63) is 87.1 Å². The molecule has 0 saturated heterocycles. The van der Waals surface area contributed by atoms with E-state index in [9.17, 15) is 9.59 Å². The molecule has 0 bridgehead atoms. The topological polar surface area (TPSA) is 90.0 Å². The first kappa shape index (κ1) is 18.5. The van der Waals surface area contributed by atoms with Gasteiger partial charge in [0, 0.05) is 4.70 Å². The molecule has 0 saturated carbocycles. The summed E-state index contributed by atoms with van der Waals surface area (Å²) in [6.07, 6.45) is 1.58. The summed E-state index contributed by atoms with van der Waals surface area (Å²) >= 11 is 2.82. The summed E-state index contributed by atoms with van der Waals surface area (Å²) in [5.74, 6) is -0.195. The van der Waals surface area contributed by atoms with Crippen LogP contribution in [0, 0.1) is 0 Å². The van der Waals surface area contributed by atoms with Gasteiger partial charge in [0.15, 0.2) is 0 Å². The molecule has 0 unspecified atom stereocenters. The quantitative estimate of drug-likeness (QED) is 0.408. The van der Waals surface area contributed by atoms with Crippen molar-refractivity contribution in [2.45, 2.75) is 6.54 Å². The summed E-state index contributed by atoms with van der Waals surface area (Å²) in [4.78, 5) is 30.2. The molecule has 1 amide bonds. The molecule has 3 N–H and O–H groups in total. The predicted molar refractivity (Wildman–Crippen MR) is 124 cm³/mol. The van der Waals surface area contributed by atoms with Crippen LogP contribution in [0.4, 0.5) is 11.4 Å². The molecular formula is C22H16N4O2S2. The molecule has 6 nitrogen and oxygen atoms in total. The van der Waals surface area contributed by atoms with Gasteiger partial charge in [-0.1, -0.05) is 18.2 Å². The van der Waals surface area contributed by atoms with E-state index in [0.717, 1.165) is 21.2 Å². The van der Waals surface area contributed by atoms with E-state index in [0.29, 0.717) is 27.5 Å². The van der Waals surface area contributed by atoms with Gasteiger partial charge in [-0.25, -0.2) is 4.98 Å². The summed E-state index contributed by atoms with van der Waals surface area (Å²) in [7, 11) is 0. The lowest BCUT2D eigenvalue weighted by atomic mass is 10.1. The van der Waals surface area contributed by atoms with Crippen molar-refractivity contribution in [1.29, 1.82) is 0 Å². The van der Waals surface area contributed by atoms with Gasteiger partial charge in [0.25, 0.3) is 11.5 Å². The van der Waals surface area contributed by atoms with E-state index in [-0.39, 0.29) is 11.5 Å². The minimum absolute atomic E-state index is 0.0408. The van der Waals surface area contributed by atoms with Crippen molar-refractivity contribution in [2.75, 3.05) is 11.1 Å². The second-order valence-corrected chi connectivity index (χ2v) is 8.84. The average molecular weight is 433 g/mol. The van der Waals surface area contributed by atoms with Crippen molar-refractivity contribution in [3.63, 3.8) is 0 Å². The molecule has 0 atom stereocenters. The standard InChI is InChI=1S/C22H16N4O2S2/c23-15-3-1-2-4-16(15)25-21(27)19-10-14-9-13(5-6-18(14)30-19)11-26-12-24-17-7-8-29-20(17)22(26)28/h1-10,12H,11,23H2,(H,25,27). The first-order valence-electron chi connectivity index (χ1n) is 9.19. The molecule has 0 fully saturated rings. The highest BCUT2D eigenvalue weighted by Gasteiger charge is 2.13. The van der Waals surface area contributed by atoms with E-state index in [2.05, 4.69) is 10.3 Å². The maximum atomic E-state index is 12.6. The van der Waals surface area contributed by atoms with Gasteiger partial charge < -0.3 is 11.1 Å². The van der Waals surface area contributed by atoms with Crippen LogP contribution in [0.1, 0.15) is 15.2 Å². The Labute approximate surface area is 179 Å². The van der Waals surface area contributed by atoms with Gasteiger partial charge in [-0.05, 0) is 52.7 Å². The molecule has 8 heteroatoms. The number of anilines is 2. The Morgan fingerprint density at radius 1 is 1.13 bits per heavy atom. The van der Waals surface area contributed by atoms with Crippen LogP contribution < -0.4 is 16.6 Å². The fourth-order valence-electron chi connectivity index (χ4n) is 3.29. The van der Waals surface area contributed by atoms with Crippen molar-refractivity contribution in [3.8, 4) is 0 Å². The number of carbonyl (C=O) groups excluding carboxylic acids is 1. The monoisotopic (exact) mass is 432 g/mol. The van der Waals surface area contributed by atoms with Crippen LogP contribution in [0.25, 0.3) is 20.3 Å². The van der Waals surface area contributed by atoms with E-state index >= 15 is 0 Å². The number of thiophene rings is 2. The zero-order valence-electron chi connectivity index (χ0n) is 15.7. The minimum atomic E-state index is -0.195. The zero-order chi connectivity index (χ0) is 20.7. The second-order valence-electron chi connectivity index (χ2n) is 6.84. The number of para-hydroxylation sites is 2. The van der Waals surface area contributed by atoms with Gasteiger partial charge in [-0.2, -0.15) is 0 Å². The Hall–Kier alpha value is -3.49. The van der Waals surface area contributed by atoms with Gasteiger partial charge in [0.1, 0.15) is 4.70 Å². The molecule has 0 aliphatic carbocycles. The first-order chi connectivity index (χ1) is 14.6. The van der Waals surface area contributed by atoms with Gasteiger partial charge in [-0.15, -0.1) is 22.7 Å². The SMILES string of the molecule is Nc1ccccc1NC(=O)c1cc2cc(Cn3cnc4ccsc4c3=O)ccc2s1. The van der Waals surface area contributed by atoms with E-state index in [4.69, 9.17) is 5.73 Å². The molecule has 5 aromatic rings. The summed E-state index contributed by atoms with van der Waals surface area (Å²) in [5.41, 5.74) is 8.69. The van der Waals surface area contributed by atoms with Gasteiger partial charge in [-0.3, -0.25) is 14.2 Å². The van der Waals surface area contributed by atoms with Crippen LogP contribution in [0.5, 0.6) is 0 Å². The van der Waals surface area contributed by atoms with Crippen LogP contribution in [0.2, 0.25) is 0 Å². The van der Waals surface area contributed by atoms with E-state index in [1.807, 2.05) is 47.8 Å². The van der Waals surface area contributed by atoms with Gasteiger partial charge in [0.05, 0.1) is 34.6 Å². The van der Waals surface area contributed by atoms with Crippen LogP contribution in [-0.2, 0) is 6.54 Å². The number of nitrogen functional groups attached to an aromatic ring is 1. The zero-order valence-corrected chi connectivity index (χ0v) is 17.3. The van der Waals surface area contributed by atoms with Crippen LogP contribution in [0.3, 0.4) is 0 Å². The smallest absolute Gasteiger partial charge is 0.271 e. The van der Waals surface area contributed by atoms with Crippen LogP contribution >= 0.6 is 22.7 Å². The normalized spacial score (nSPS) is 11.2. The van der Waals surface area contributed by atoms with Gasteiger partial charge >= 0.3 is 0 Å². The number of fused-ring (bicyclic) bond motifs is 2. The highest BCUT2D eigenvalue weighted by molar-refractivity contribution is 7.21. The number of hydrogen-bond acceptors (Lipinski definition) is 6. The number of hydrogen-bond donors (Lipinski definition) is 2. The molecule has 5 rings (SSSR count). The number of nitrogens with two attached hydrogens (primary N) is 1. The number of amides is 1. The Bertz CT molecular complexity index is 1470. The molecule has 0 radical (unpaired) electrons. The van der Waals surface area contributed by atoms with Crippen molar-refractivity contribution in [2.24, 2.45) is 0 Å². The third-order valence-electron chi connectivity index (χ3n) is 4.80. The maximum absolute atomic E-state index is 12.6. The molecule has 3 aromatic heterocycles. The van der Waals surface area contributed by atoms with E-state index in [1.165, 1.54) is 22.7 Å². The maximum Gasteiger partial charge on any atom is 0.271 e. The number of benzene rings is 2. The summed E-state index contributed by atoms with van der Waals surface area (Å²) in [6.45, 7) is 0.424. The van der Waals surface area contributed by atoms with Crippen molar-refractivity contribution >= 4 is 60.3 Å². The van der Waals surface area contributed by atoms with Crippen molar-refractivity contribution < 1.29 is 4.79 Å². The number of nitrogens with one attached hydrogen (secondary N) is 1. The number of rotatable bonds is 4. The number of carbonyl (C=O) groups is 1. The van der Waals surface area contributed by atoms with E-state index < -0.39 is 0 Å². The fraction of sp³-hybridized carbons (Fsp3) is 0.0455. The predicted octanol–water partition coefficient (Wildman–Crippen LogP) is 4.56. The molecule has 2 aromatic carbocycles. The number of aromatic nitrogens is 2. The number of nitrogens with zero attached hydrogens (tertiary/aromatic N) is 2. The Morgan fingerprint density at radius 3 is 2.87 bits per heavy atom. The highest BCUT2D eigenvalue weighted by Crippen LogP contribution is 2.28. The summed E-state index contributed by atoms with van der Waals surface area (Å²) < 4.78 is 3.27. The Kier molecular flexibility index (Phi) is 4.57. The van der Waals surface area contributed by atoms with E-state index in [1.54, 1.807) is 23.0 Å². The molecule has 30 heavy (non-hydrogen) atoms. The molecule has 3 heterocycles. The summed E-state index contributed by atoms with van der Waals surface area (Å²) in [6, 6.07) is 16.8.